The van der Waals surface area contributed by atoms with Crippen LogP contribution in [0.4, 0.5) is 5.69 Å². The maximum atomic E-state index is 12.7. The molecule has 34 heavy (non-hydrogen) atoms. The third-order valence-corrected chi connectivity index (χ3v) is 7.13. The van der Waals surface area contributed by atoms with Crippen LogP contribution in [0.2, 0.25) is 0 Å². The molecule has 1 amide bonds. The molecule has 8 nitrogen and oxygen atoms in total. The average Bonchev–Trinajstić information content (AvgIpc) is 3.27. The van der Waals surface area contributed by atoms with Crippen molar-refractivity contribution in [3.05, 3.63) is 47.9 Å². The number of pyridine rings is 1. The van der Waals surface area contributed by atoms with Gasteiger partial charge in [-0.15, -0.1) is 0 Å². The van der Waals surface area contributed by atoms with Crippen molar-refractivity contribution < 1.29 is 9.53 Å². The number of hydrogen-bond donors (Lipinski definition) is 2. The van der Waals surface area contributed by atoms with Crippen molar-refractivity contribution >= 4 is 22.5 Å². The van der Waals surface area contributed by atoms with E-state index in [4.69, 9.17) is 9.84 Å². The van der Waals surface area contributed by atoms with E-state index in [2.05, 4.69) is 31.4 Å². The van der Waals surface area contributed by atoms with Crippen molar-refractivity contribution in [2.24, 2.45) is 5.92 Å². The minimum Gasteiger partial charge on any atom is -0.494 e. The van der Waals surface area contributed by atoms with E-state index in [0.717, 1.165) is 48.4 Å². The van der Waals surface area contributed by atoms with Gasteiger partial charge in [0.2, 0.25) is 0 Å². The van der Waals surface area contributed by atoms with Crippen LogP contribution >= 0.6 is 0 Å². The number of nitrogens with one attached hydrogen (secondary N) is 2. The molecule has 1 aromatic carbocycles. The van der Waals surface area contributed by atoms with Gasteiger partial charge in [0.1, 0.15) is 11.4 Å². The number of carbonyl (C=O) groups is 1. The number of rotatable bonds is 6. The van der Waals surface area contributed by atoms with Crippen molar-refractivity contribution in [2.45, 2.75) is 38.6 Å². The van der Waals surface area contributed by atoms with Crippen LogP contribution in [0.15, 0.2) is 36.5 Å². The zero-order valence-corrected chi connectivity index (χ0v) is 20.1. The van der Waals surface area contributed by atoms with E-state index in [9.17, 15) is 4.79 Å². The SMILES string of the molecule is COc1cc2nn(C3CCC(CN4CCNCC4)CC3)cc2cc1NC(=O)c1cccc(C)n1. The fraction of sp³-hybridized carbons (Fsp3) is 0.500. The molecule has 0 spiro atoms. The van der Waals surface area contributed by atoms with Crippen molar-refractivity contribution in [1.29, 1.82) is 0 Å². The predicted molar refractivity (Wildman–Crippen MR) is 134 cm³/mol. The quantitative estimate of drug-likeness (QED) is 0.582. The summed E-state index contributed by atoms with van der Waals surface area (Å²) in [5.41, 5.74) is 2.70. The number of hydrogen-bond acceptors (Lipinski definition) is 6. The van der Waals surface area contributed by atoms with E-state index in [-0.39, 0.29) is 5.91 Å². The van der Waals surface area contributed by atoms with Crippen LogP contribution in [0, 0.1) is 12.8 Å². The molecule has 3 heterocycles. The molecule has 0 radical (unpaired) electrons. The maximum Gasteiger partial charge on any atom is 0.274 e. The number of benzene rings is 1. The first-order valence-electron chi connectivity index (χ1n) is 12.3. The molecular formula is C26H34N6O2. The van der Waals surface area contributed by atoms with Crippen LogP contribution in [0.1, 0.15) is 47.9 Å². The number of nitrogens with zero attached hydrogens (tertiary/aromatic N) is 4. The first-order valence-corrected chi connectivity index (χ1v) is 12.3. The number of anilines is 1. The number of methoxy groups -OCH3 is 1. The van der Waals surface area contributed by atoms with E-state index in [1.807, 2.05) is 31.2 Å². The lowest BCUT2D eigenvalue weighted by molar-refractivity contribution is 0.102. The number of aryl methyl sites for hydroxylation is 1. The lowest BCUT2D eigenvalue weighted by atomic mass is 9.85. The Morgan fingerprint density at radius 1 is 1.18 bits per heavy atom. The number of amides is 1. The van der Waals surface area contributed by atoms with Crippen molar-refractivity contribution in [3.63, 3.8) is 0 Å². The molecule has 0 bridgehead atoms. The standard InChI is InChI=1S/C26H34N6O2/c1-18-4-3-5-22(28-18)26(33)29-24-14-20-17-32(30-23(20)15-25(24)34-2)21-8-6-19(7-9-21)16-31-12-10-27-11-13-31/h3-5,14-15,17,19,21,27H,6-13,16H2,1-2H3,(H,29,33). The summed E-state index contributed by atoms with van der Waals surface area (Å²) >= 11 is 0. The molecule has 2 fully saturated rings. The van der Waals surface area contributed by atoms with Gasteiger partial charge in [-0.2, -0.15) is 5.10 Å². The van der Waals surface area contributed by atoms with Gasteiger partial charge in [-0.05, 0) is 56.7 Å². The summed E-state index contributed by atoms with van der Waals surface area (Å²) in [7, 11) is 1.61. The molecule has 1 saturated heterocycles. The summed E-state index contributed by atoms with van der Waals surface area (Å²) in [4.78, 5) is 19.7. The minimum atomic E-state index is -0.253. The first-order chi connectivity index (χ1) is 16.6. The second-order valence-corrected chi connectivity index (χ2v) is 9.56. The Balaban J connectivity index is 1.27. The molecular weight excluding hydrogens is 428 g/mol. The maximum absolute atomic E-state index is 12.7. The lowest BCUT2D eigenvalue weighted by Crippen LogP contribution is -2.45. The fourth-order valence-corrected chi connectivity index (χ4v) is 5.23. The normalized spacial score (nSPS) is 21.5. The van der Waals surface area contributed by atoms with Gasteiger partial charge in [0.15, 0.2) is 0 Å². The van der Waals surface area contributed by atoms with E-state index < -0.39 is 0 Å². The third-order valence-electron chi connectivity index (χ3n) is 7.13. The van der Waals surface area contributed by atoms with E-state index in [0.29, 0.717) is 23.2 Å². The van der Waals surface area contributed by atoms with Gasteiger partial charge in [-0.25, -0.2) is 4.98 Å². The molecule has 1 aliphatic heterocycles. The van der Waals surface area contributed by atoms with Gasteiger partial charge >= 0.3 is 0 Å². The Kier molecular flexibility index (Phi) is 6.78. The van der Waals surface area contributed by atoms with Crippen LogP contribution < -0.4 is 15.4 Å². The Bertz CT molecular complexity index is 1150. The third kappa shape index (κ3) is 5.08. The minimum absolute atomic E-state index is 0.253. The fourth-order valence-electron chi connectivity index (χ4n) is 5.23. The molecule has 3 aromatic rings. The largest absolute Gasteiger partial charge is 0.494 e. The van der Waals surface area contributed by atoms with Gasteiger partial charge in [-0.1, -0.05) is 6.07 Å². The van der Waals surface area contributed by atoms with Crippen molar-refractivity contribution in [3.8, 4) is 5.75 Å². The van der Waals surface area contributed by atoms with Crippen LogP contribution in [0.25, 0.3) is 10.9 Å². The van der Waals surface area contributed by atoms with Crippen LogP contribution in [0.5, 0.6) is 5.75 Å². The summed E-state index contributed by atoms with van der Waals surface area (Å²) < 4.78 is 7.69. The highest BCUT2D eigenvalue weighted by Crippen LogP contribution is 2.35. The molecule has 5 rings (SSSR count). The molecule has 180 valence electrons. The van der Waals surface area contributed by atoms with Crippen LogP contribution in [-0.4, -0.2) is 65.4 Å². The molecule has 2 aromatic heterocycles. The number of piperazine rings is 1. The van der Waals surface area contributed by atoms with E-state index >= 15 is 0 Å². The molecule has 1 aliphatic carbocycles. The first kappa shape index (κ1) is 22.8. The predicted octanol–water partition coefficient (Wildman–Crippen LogP) is 3.64. The topological polar surface area (TPSA) is 84.3 Å². The molecule has 2 N–H and O–H groups in total. The zero-order valence-electron chi connectivity index (χ0n) is 20.1. The highest BCUT2D eigenvalue weighted by Gasteiger charge is 2.25. The van der Waals surface area contributed by atoms with Gasteiger partial charge in [-0.3, -0.25) is 9.48 Å². The van der Waals surface area contributed by atoms with E-state index in [1.165, 1.54) is 32.5 Å². The zero-order chi connectivity index (χ0) is 23.5. The summed E-state index contributed by atoms with van der Waals surface area (Å²) in [6.07, 6.45) is 6.92. The lowest BCUT2D eigenvalue weighted by Gasteiger charge is -2.34. The van der Waals surface area contributed by atoms with Gasteiger partial charge in [0, 0.05) is 56.1 Å². The summed E-state index contributed by atoms with van der Waals surface area (Å²) in [6.45, 7) is 7.67. The second-order valence-electron chi connectivity index (χ2n) is 9.56. The van der Waals surface area contributed by atoms with Gasteiger partial charge < -0.3 is 20.3 Å². The Morgan fingerprint density at radius 2 is 1.97 bits per heavy atom. The average molecular weight is 463 g/mol. The Labute approximate surface area is 200 Å². The Morgan fingerprint density at radius 3 is 2.71 bits per heavy atom. The number of ether oxygens (including phenoxy) is 1. The second kappa shape index (κ2) is 10.1. The molecule has 0 unspecified atom stereocenters. The smallest absolute Gasteiger partial charge is 0.274 e. The number of carbonyl (C=O) groups excluding carboxylic acids is 1. The van der Waals surface area contributed by atoms with Crippen molar-refractivity contribution in [2.75, 3.05) is 45.2 Å². The highest BCUT2D eigenvalue weighted by atomic mass is 16.5. The molecule has 8 heteroatoms. The number of aromatic nitrogens is 3. The molecule has 2 aliphatic rings. The van der Waals surface area contributed by atoms with Gasteiger partial charge in [0.25, 0.3) is 5.91 Å². The number of fused-ring (bicyclic) bond motifs is 1. The van der Waals surface area contributed by atoms with Crippen molar-refractivity contribution in [1.82, 2.24) is 25.0 Å². The molecule has 0 atom stereocenters. The molecule has 1 saturated carbocycles. The Hall–Kier alpha value is -2.97. The van der Waals surface area contributed by atoms with Crippen LogP contribution in [0.3, 0.4) is 0 Å². The summed E-state index contributed by atoms with van der Waals surface area (Å²) in [5, 5.41) is 12.3. The van der Waals surface area contributed by atoms with E-state index in [1.54, 1.807) is 13.2 Å². The summed E-state index contributed by atoms with van der Waals surface area (Å²) in [6, 6.07) is 9.69. The highest BCUT2D eigenvalue weighted by molar-refractivity contribution is 6.05. The van der Waals surface area contributed by atoms with Gasteiger partial charge in [0.05, 0.1) is 24.4 Å². The summed E-state index contributed by atoms with van der Waals surface area (Å²) in [5.74, 6) is 1.13. The van der Waals surface area contributed by atoms with Crippen LogP contribution in [-0.2, 0) is 0 Å². The monoisotopic (exact) mass is 462 g/mol.